The number of sulfonamides is 1. The summed E-state index contributed by atoms with van der Waals surface area (Å²) in [6.07, 6.45) is 0. The van der Waals surface area contributed by atoms with Crippen molar-refractivity contribution in [1.29, 1.82) is 5.26 Å². The zero-order chi connectivity index (χ0) is 17.7. The predicted octanol–water partition coefficient (Wildman–Crippen LogP) is 2.50. The molecule has 0 aliphatic rings. The molecule has 0 saturated heterocycles. The van der Waals surface area contributed by atoms with Gasteiger partial charge in [-0.2, -0.15) is 5.26 Å². The number of nitrogens with one attached hydrogen (secondary N) is 2. The van der Waals surface area contributed by atoms with Gasteiger partial charge in [0, 0.05) is 11.6 Å². The summed E-state index contributed by atoms with van der Waals surface area (Å²) < 4.78 is 26.6. The molecule has 2 aromatic carbocycles. The molecule has 0 fully saturated rings. The number of benzene rings is 2. The van der Waals surface area contributed by atoms with Gasteiger partial charge in [-0.1, -0.05) is 12.1 Å². The van der Waals surface area contributed by atoms with Crippen LogP contribution >= 0.6 is 0 Å². The molecular formula is C17H17N3O3S. The summed E-state index contributed by atoms with van der Waals surface area (Å²) in [6.45, 7) is 3.46. The average molecular weight is 343 g/mol. The molecule has 0 saturated carbocycles. The van der Waals surface area contributed by atoms with E-state index in [1.165, 1.54) is 24.3 Å². The van der Waals surface area contributed by atoms with Gasteiger partial charge in [0.25, 0.3) is 5.91 Å². The average Bonchev–Trinajstić information content (AvgIpc) is 2.54. The first kappa shape index (κ1) is 17.7. The Morgan fingerprint density at radius 1 is 1.08 bits per heavy atom. The fourth-order valence-electron chi connectivity index (χ4n) is 2.05. The molecule has 124 valence electrons. The van der Waals surface area contributed by atoms with Gasteiger partial charge in [0.05, 0.1) is 16.1 Å². The number of nitrogens with zero attached hydrogens (tertiary/aromatic N) is 1. The van der Waals surface area contributed by atoms with Crippen LogP contribution in [-0.2, 0) is 10.0 Å². The molecule has 0 bridgehead atoms. The monoisotopic (exact) mass is 343 g/mol. The van der Waals surface area contributed by atoms with Crippen molar-refractivity contribution in [3.63, 3.8) is 0 Å². The SMILES string of the molecule is CC(C)NS(=O)(=O)c1ccc(C(=O)Nc2ccccc2C#N)cc1. The van der Waals surface area contributed by atoms with Crippen molar-refractivity contribution in [2.24, 2.45) is 0 Å². The normalized spacial score (nSPS) is 11.1. The van der Waals surface area contributed by atoms with E-state index < -0.39 is 15.9 Å². The highest BCUT2D eigenvalue weighted by Crippen LogP contribution is 2.16. The van der Waals surface area contributed by atoms with Crippen molar-refractivity contribution < 1.29 is 13.2 Å². The van der Waals surface area contributed by atoms with Crippen molar-refractivity contribution in [3.8, 4) is 6.07 Å². The van der Waals surface area contributed by atoms with E-state index in [0.717, 1.165) is 0 Å². The van der Waals surface area contributed by atoms with E-state index in [9.17, 15) is 13.2 Å². The number of para-hydroxylation sites is 1. The molecule has 2 aromatic rings. The Kier molecular flexibility index (Phi) is 5.34. The van der Waals surface area contributed by atoms with Crippen molar-refractivity contribution in [2.75, 3.05) is 5.32 Å². The minimum atomic E-state index is -3.60. The van der Waals surface area contributed by atoms with Gasteiger partial charge >= 0.3 is 0 Å². The smallest absolute Gasteiger partial charge is 0.255 e. The fraction of sp³-hybridized carbons (Fsp3) is 0.176. The molecule has 0 unspecified atom stereocenters. The number of nitriles is 1. The summed E-state index contributed by atoms with van der Waals surface area (Å²) in [4.78, 5) is 12.3. The summed E-state index contributed by atoms with van der Waals surface area (Å²) in [5, 5.41) is 11.7. The lowest BCUT2D eigenvalue weighted by atomic mass is 10.1. The van der Waals surface area contributed by atoms with Crippen molar-refractivity contribution in [1.82, 2.24) is 4.72 Å². The quantitative estimate of drug-likeness (QED) is 0.871. The highest BCUT2D eigenvalue weighted by molar-refractivity contribution is 7.89. The molecule has 0 atom stereocenters. The number of amides is 1. The van der Waals surface area contributed by atoms with Gasteiger partial charge < -0.3 is 5.32 Å². The molecule has 2 N–H and O–H groups in total. The van der Waals surface area contributed by atoms with Crippen LogP contribution in [0.25, 0.3) is 0 Å². The molecule has 7 heteroatoms. The Balaban J connectivity index is 2.19. The third-order valence-electron chi connectivity index (χ3n) is 3.11. The number of carbonyl (C=O) groups excluding carboxylic acids is 1. The van der Waals surface area contributed by atoms with Crippen LogP contribution in [0.4, 0.5) is 5.69 Å². The number of rotatable bonds is 5. The zero-order valence-corrected chi connectivity index (χ0v) is 14.1. The van der Waals surface area contributed by atoms with E-state index >= 15 is 0 Å². The standard InChI is InChI=1S/C17H17N3O3S/c1-12(2)20-24(22,23)15-9-7-13(8-10-15)17(21)19-16-6-4-3-5-14(16)11-18/h3-10,12,20H,1-2H3,(H,19,21). The van der Waals surface area contributed by atoms with E-state index in [1.54, 1.807) is 38.1 Å². The molecule has 2 rings (SSSR count). The first-order chi connectivity index (χ1) is 11.3. The van der Waals surface area contributed by atoms with Crippen molar-refractivity contribution >= 4 is 21.6 Å². The van der Waals surface area contributed by atoms with E-state index in [0.29, 0.717) is 16.8 Å². The van der Waals surface area contributed by atoms with E-state index in [1.807, 2.05) is 6.07 Å². The van der Waals surface area contributed by atoms with Gasteiger partial charge in [-0.15, -0.1) is 0 Å². The lowest BCUT2D eigenvalue weighted by Gasteiger charge is -2.10. The van der Waals surface area contributed by atoms with Gasteiger partial charge in [0.2, 0.25) is 10.0 Å². The van der Waals surface area contributed by atoms with Crippen LogP contribution in [0.5, 0.6) is 0 Å². The van der Waals surface area contributed by atoms with Crippen molar-refractivity contribution in [3.05, 3.63) is 59.7 Å². The molecule has 0 aliphatic carbocycles. The minimum absolute atomic E-state index is 0.0881. The number of carbonyl (C=O) groups is 1. The maximum Gasteiger partial charge on any atom is 0.255 e. The Morgan fingerprint density at radius 2 is 1.71 bits per heavy atom. The predicted molar refractivity (Wildman–Crippen MR) is 91.0 cm³/mol. The summed E-state index contributed by atoms with van der Waals surface area (Å²) in [7, 11) is -3.60. The van der Waals surface area contributed by atoms with E-state index in [2.05, 4.69) is 10.0 Å². The van der Waals surface area contributed by atoms with Gasteiger partial charge in [-0.25, -0.2) is 13.1 Å². The maximum absolute atomic E-state index is 12.2. The summed E-state index contributed by atoms with van der Waals surface area (Å²) in [5.74, 6) is -0.418. The Bertz CT molecular complexity index is 882. The van der Waals surface area contributed by atoms with E-state index in [-0.39, 0.29) is 10.9 Å². The Labute approximate surface area is 141 Å². The molecule has 0 aliphatic heterocycles. The Hall–Kier alpha value is -2.69. The minimum Gasteiger partial charge on any atom is -0.321 e. The van der Waals surface area contributed by atoms with Crippen LogP contribution in [0, 0.1) is 11.3 Å². The van der Waals surface area contributed by atoms with Gasteiger partial charge in [-0.3, -0.25) is 4.79 Å². The zero-order valence-electron chi connectivity index (χ0n) is 13.3. The first-order valence-corrected chi connectivity index (χ1v) is 8.74. The van der Waals surface area contributed by atoms with Crippen LogP contribution in [0.2, 0.25) is 0 Å². The van der Waals surface area contributed by atoms with Gasteiger partial charge in [0.15, 0.2) is 0 Å². The molecule has 1 amide bonds. The molecule has 6 nitrogen and oxygen atoms in total. The molecule has 0 radical (unpaired) electrons. The van der Waals surface area contributed by atoms with Crippen molar-refractivity contribution in [2.45, 2.75) is 24.8 Å². The van der Waals surface area contributed by atoms with Crippen LogP contribution in [-0.4, -0.2) is 20.4 Å². The number of hydrogen-bond acceptors (Lipinski definition) is 4. The van der Waals surface area contributed by atoms with Crippen LogP contribution in [0.1, 0.15) is 29.8 Å². The largest absolute Gasteiger partial charge is 0.321 e. The third kappa shape index (κ3) is 4.19. The Morgan fingerprint density at radius 3 is 2.29 bits per heavy atom. The van der Waals surface area contributed by atoms with Crippen LogP contribution < -0.4 is 10.0 Å². The second-order valence-corrected chi connectivity index (χ2v) is 7.13. The second kappa shape index (κ2) is 7.25. The summed E-state index contributed by atoms with van der Waals surface area (Å²) in [5.41, 5.74) is 1.06. The fourth-order valence-corrected chi connectivity index (χ4v) is 3.30. The lowest BCUT2D eigenvalue weighted by Crippen LogP contribution is -2.30. The highest BCUT2D eigenvalue weighted by Gasteiger charge is 2.16. The first-order valence-electron chi connectivity index (χ1n) is 7.26. The van der Waals surface area contributed by atoms with E-state index in [4.69, 9.17) is 5.26 Å². The summed E-state index contributed by atoms with van der Waals surface area (Å²) >= 11 is 0. The topological polar surface area (TPSA) is 99.1 Å². The molecule has 24 heavy (non-hydrogen) atoms. The third-order valence-corrected chi connectivity index (χ3v) is 4.79. The van der Waals surface area contributed by atoms with Crippen LogP contribution in [0.3, 0.4) is 0 Å². The number of hydrogen-bond donors (Lipinski definition) is 2. The summed E-state index contributed by atoms with van der Waals surface area (Å²) in [6, 6.07) is 14.0. The highest BCUT2D eigenvalue weighted by atomic mass is 32.2. The van der Waals surface area contributed by atoms with Gasteiger partial charge in [-0.05, 0) is 50.2 Å². The van der Waals surface area contributed by atoms with Gasteiger partial charge in [0.1, 0.15) is 6.07 Å². The number of anilines is 1. The molecule has 0 heterocycles. The second-order valence-electron chi connectivity index (χ2n) is 5.41. The molecular weight excluding hydrogens is 326 g/mol. The molecule has 0 spiro atoms. The van der Waals surface area contributed by atoms with Crippen LogP contribution in [0.15, 0.2) is 53.4 Å². The lowest BCUT2D eigenvalue weighted by molar-refractivity contribution is 0.102. The maximum atomic E-state index is 12.2. The molecule has 0 aromatic heterocycles.